The Morgan fingerprint density at radius 1 is 1.08 bits per heavy atom. The molecule has 0 aromatic heterocycles. The van der Waals surface area contributed by atoms with Crippen LogP contribution in [0.3, 0.4) is 0 Å². The summed E-state index contributed by atoms with van der Waals surface area (Å²) in [7, 11) is -3.65. The number of hydrogen-bond acceptors (Lipinski definition) is 5. The lowest BCUT2D eigenvalue weighted by atomic mass is 10.1. The summed E-state index contributed by atoms with van der Waals surface area (Å²) in [4.78, 5) is 0.257. The van der Waals surface area contributed by atoms with Gasteiger partial charge in [-0.2, -0.15) is 0 Å². The Morgan fingerprint density at radius 3 is 2.71 bits per heavy atom. The predicted octanol–water partition coefficient (Wildman–Crippen LogP) is 2.62. The predicted molar refractivity (Wildman–Crippen MR) is 91.5 cm³/mol. The highest BCUT2D eigenvalue weighted by Gasteiger charge is 2.22. The molecule has 0 amide bonds. The molecule has 24 heavy (non-hydrogen) atoms. The van der Waals surface area contributed by atoms with Gasteiger partial charge in [-0.3, -0.25) is 4.72 Å². The lowest BCUT2D eigenvalue weighted by Gasteiger charge is -2.19. The SMILES string of the molecule is CC1Cc2cc(S(=O)(=O)Nc3ccc4c(c3)OCCO4)ccc2N1. The molecule has 2 N–H and O–H groups in total. The number of fused-ring (bicyclic) bond motifs is 2. The van der Waals surface area contributed by atoms with Crippen LogP contribution in [0.4, 0.5) is 11.4 Å². The van der Waals surface area contributed by atoms with E-state index in [0.29, 0.717) is 36.4 Å². The van der Waals surface area contributed by atoms with E-state index in [1.54, 1.807) is 30.3 Å². The van der Waals surface area contributed by atoms with Crippen LogP contribution in [-0.2, 0) is 16.4 Å². The largest absolute Gasteiger partial charge is 0.486 e. The van der Waals surface area contributed by atoms with Crippen LogP contribution in [0, 0.1) is 0 Å². The third kappa shape index (κ3) is 2.75. The van der Waals surface area contributed by atoms with E-state index in [2.05, 4.69) is 17.0 Å². The fraction of sp³-hybridized carbons (Fsp3) is 0.294. The summed E-state index contributed by atoms with van der Waals surface area (Å²) < 4.78 is 38.8. The monoisotopic (exact) mass is 346 g/mol. The first-order chi connectivity index (χ1) is 11.5. The van der Waals surface area contributed by atoms with E-state index in [-0.39, 0.29) is 4.90 Å². The van der Waals surface area contributed by atoms with Gasteiger partial charge in [0.2, 0.25) is 0 Å². The lowest BCUT2D eigenvalue weighted by Crippen LogP contribution is -2.16. The zero-order valence-corrected chi connectivity index (χ0v) is 14.0. The average Bonchev–Trinajstić information content (AvgIpc) is 2.93. The van der Waals surface area contributed by atoms with Gasteiger partial charge in [-0.05, 0) is 49.2 Å². The molecule has 7 heteroatoms. The van der Waals surface area contributed by atoms with Crippen molar-refractivity contribution in [2.75, 3.05) is 23.3 Å². The van der Waals surface area contributed by atoms with Gasteiger partial charge in [0.05, 0.1) is 10.6 Å². The Morgan fingerprint density at radius 2 is 1.88 bits per heavy atom. The number of sulfonamides is 1. The Hall–Kier alpha value is -2.41. The van der Waals surface area contributed by atoms with Crippen molar-refractivity contribution in [1.82, 2.24) is 0 Å². The molecule has 2 aliphatic rings. The molecule has 0 saturated heterocycles. The molecule has 2 aliphatic heterocycles. The minimum absolute atomic E-state index is 0.257. The standard InChI is InChI=1S/C17H18N2O4S/c1-11-8-12-9-14(3-4-15(12)18-11)24(20,21)19-13-2-5-16-17(10-13)23-7-6-22-16/h2-5,9-11,18-19H,6-8H2,1H3. The molecule has 6 nitrogen and oxygen atoms in total. The molecular weight excluding hydrogens is 328 g/mol. The molecule has 1 unspecified atom stereocenters. The maximum Gasteiger partial charge on any atom is 0.261 e. The first-order valence-electron chi connectivity index (χ1n) is 7.83. The van der Waals surface area contributed by atoms with Crippen LogP contribution in [0.5, 0.6) is 11.5 Å². The van der Waals surface area contributed by atoms with E-state index in [0.717, 1.165) is 17.7 Å². The maximum atomic E-state index is 12.6. The molecule has 0 fully saturated rings. The van der Waals surface area contributed by atoms with Gasteiger partial charge in [-0.1, -0.05) is 0 Å². The highest BCUT2D eigenvalue weighted by atomic mass is 32.2. The summed E-state index contributed by atoms with van der Waals surface area (Å²) in [5.74, 6) is 1.18. The molecule has 0 radical (unpaired) electrons. The zero-order valence-electron chi connectivity index (χ0n) is 13.2. The van der Waals surface area contributed by atoms with Crippen molar-refractivity contribution in [3.05, 3.63) is 42.0 Å². The van der Waals surface area contributed by atoms with Crippen LogP contribution in [0.15, 0.2) is 41.3 Å². The third-order valence-electron chi connectivity index (χ3n) is 4.11. The van der Waals surface area contributed by atoms with Crippen LogP contribution in [0.25, 0.3) is 0 Å². The second kappa shape index (κ2) is 5.59. The minimum Gasteiger partial charge on any atom is -0.486 e. The third-order valence-corrected chi connectivity index (χ3v) is 5.49. The Bertz CT molecular complexity index is 895. The van der Waals surface area contributed by atoms with Crippen molar-refractivity contribution >= 4 is 21.4 Å². The summed E-state index contributed by atoms with van der Waals surface area (Å²) in [5.41, 5.74) is 2.47. The second-order valence-corrected chi connectivity index (χ2v) is 7.71. The molecule has 2 aromatic rings. The van der Waals surface area contributed by atoms with Crippen molar-refractivity contribution < 1.29 is 17.9 Å². The van der Waals surface area contributed by atoms with E-state index in [9.17, 15) is 8.42 Å². The van der Waals surface area contributed by atoms with Gasteiger partial charge in [0, 0.05) is 17.8 Å². The fourth-order valence-corrected chi connectivity index (χ4v) is 4.11. The van der Waals surface area contributed by atoms with Crippen molar-refractivity contribution in [2.24, 2.45) is 0 Å². The van der Waals surface area contributed by atoms with E-state index in [4.69, 9.17) is 9.47 Å². The first kappa shape index (κ1) is 15.1. The van der Waals surface area contributed by atoms with Gasteiger partial charge in [0.25, 0.3) is 10.0 Å². The molecule has 0 saturated carbocycles. The van der Waals surface area contributed by atoms with E-state index < -0.39 is 10.0 Å². The molecule has 0 spiro atoms. The molecule has 0 bridgehead atoms. The topological polar surface area (TPSA) is 76.7 Å². The maximum absolute atomic E-state index is 12.6. The zero-order chi connectivity index (χ0) is 16.7. The van der Waals surface area contributed by atoms with Crippen molar-refractivity contribution in [2.45, 2.75) is 24.3 Å². The minimum atomic E-state index is -3.65. The summed E-state index contributed by atoms with van der Waals surface area (Å²) in [5, 5.41) is 3.31. The molecule has 2 heterocycles. The summed E-state index contributed by atoms with van der Waals surface area (Å²) >= 11 is 0. The van der Waals surface area contributed by atoms with Gasteiger partial charge in [0.1, 0.15) is 13.2 Å². The molecule has 126 valence electrons. The van der Waals surface area contributed by atoms with Gasteiger partial charge in [0.15, 0.2) is 11.5 Å². The van der Waals surface area contributed by atoms with Gasteiger partial charge in [-0.15, -0.1) is 0 Å². The van der Waals surface area contributed by atoms with E-state index in [1.165, 1.54) is 0 Å². The Kier molecular flexibility index (Phi) is 3.53. The average molecular weight is 346 g/mol. The van der Waals surface area contributed by atoms with E-state index in [1.807, 2.05) is 6.07 Å². The summed E-state index contributed by atoms with van der Waals surface area (Å²) in [6, 6.07) is 10.5. The van der Waals surface area contributed by atoms with Gasteiger partial charge < -0.3 is 14.8 Å². The quantitative estimate of drug-likeness (QED) is 0.893. The molecule has 4 rings (SSSR count). The Labute approximate surface area is 140 Å². The first-order valence-corrected chi connectivity index (χ1v) is 9.31. The lowest BCUT2D eigenvalue weighted by molar-refractivity contribution is 0.171. The summed E-state index contributed by atoms with van der Waals surface area (Å²) in [6.07, 6.45) is 0.822. The van der Waals surface area contributed by atoms with Crippen molar-refractivity contribution in [3.63, 3.8) is 0 Å². The van der Waals surface area contributed by atoms with Crippen LogP contribution in [-0.4, -0.2) is 27.7 Å². The summed E-state index contributed by atoms with van der Waals surface area (Å²) in [6.45, 7) is 3.03. The fourth-order valence-electron chi connectivity index (χ4n) is 3.01. The number of anilines is 2. The molecule has 0 aliphatic carbocycles. The van der Waals surface area contributed by atoms with Crippen LogP contribution >= 0.6 is 0 Å². The van der Waals surface area contributed by atoms with Crippen molar-refractivity contribution in [1.29, 1.82) is 0 Å². The number of nitrogens with one attached hydrogen (secondary N) is 2. The van der Waals surface area contributed by atoms with Crippen LogP contribution in [0.2, 0.25) is 0 Å². The molecular formula is C17H18N2O4S. The smallest absolute Gasteiger partial charge is 0.261 e. The number of ether oxygens (including phenoxy) is 2. The second-order valence-electron chi connectivity index (χ2n) is 6.03. The van der Waals surface area contributed by atoms with Crippen LogP contribution < -0.4 is 19.5 Å². The molecule has 2 aromatic carbocycles. The number of benzene rings is 2. The number of hydrogen-bond donors (Lipinski definition) is 2. The van der Waals surface area contributed by atoms with Crippen LogP contribution in [0.1, 0.15) is 12.5 Å². The Balaban J connectivity index is 1.61. The highest BCUT2D eigenvalue weighted by molar-refractivity contribution is 7.92. The molecule has 1 atom stereocenters. The normalized spacial score (nSPS) is 18.6. The van der Waals surface area contributed by atoms with Gasteiger partial charge >= 0.3 is 0 Å². The highest BCUT2D eigenvalue weighted by Crippen LogP contribution is 2.34. The number of rotatable bonds is 3. The van der Waals surface area contributed by atoms with E-state index >= 15 is 0 Å². The van der Waals surface area contributed by atoms with Gasteiger partial charge in [-0.25, -0.2) is 8.42 Å². The van der Waals surface area contributed by atoms with Crippen molar-refractivity contribution in [3.8, 4) is 11.5 Å².